The lowest BCUT2D eigenvalue weighted by atomic mass is 10.0. The Labute approximate surface area is 99.2 Å². The van der Waals surface area contributed by atoms with Crippen LogP contribution in [0.4, 0.5) is 4.39 Å². The fourth-order valence-corrected chi connectivity index (χ4v) is 2.12. The van der Waals surface area contributed by atoms with Gasteiger partial charge in [0, 0.05) is 11.1 Å². The summed E-state index contributed by atoms with van der Waals surface area (Å²) in [4.78, 5) is 0. The van der Waals surface area contributed by atoms with Gasteiger partial charge in [0.25, 0.3) is 0 Å². The van der Waals surface area contributed by atoms with Crippen LogP contribution in [0.3, 0.4) is 0 Å². The van der Waals surface area contributed by atoms with E-state index in [4.69, 9.17) is 17.3 Å². The number of rotatable bonds is 5. The van der Waals surface area contributed by atoms with Crippen molar-refractivity contribution in [3.05, 3.63) is 34.6 Å². The van der Waals surface area contributed by atoms with Gasteiger partial charge in [-0.1, -0.05) is 17.7 Å². The molecule has 1 rings (SSSR count). The van der Waals surface area contributed by atoms with Crippen LogP contribution in [0.5, 0.6) is 0 Å². The third kappa shape index (κ3) is 4.41. The van der Waals surface area contributed by atoms with Gasteiger partial charge < -0.3 is 5.73 Å². The molecule has 0 radical (unpaired) electrons. The largest absolute Gasteiger partial charge is 0.327 e. The van der Waals surface area contributed by atoms with E-state index in [2.05, 4.69) is 6.26 Å². The summed E-state index contributed by atoms with van der Waals surface area (Å²) < 4.78 is 12.8. The van der Waals surface area contributed by atoms with Gasteiger partial charge in [0.05, 0.1) is 0 Å². The first-order valence-corrected chi connectivity index (χ1v) is 6.59. The Hall–Kier alpha value is -0.250. The predicted octanol–water partition coefficient (Wildman–Crippen LogP) is 3.10. The molecule has 1 aromatic carbocycles. The van der Waals surface area contributed by atoms with Gasteiger partial charge in [0.2, 0.25) is 0 Å². The molecule has 0 bridgehead atoms. The molecule has 0 aliphatic rings. The Bertz CT molecular complexity index is 319. The molecule has 0 spiro atoms. The van der Waals surface area contributed by atoms with Crippen molar-refractivity contribution < 1.29 is 4.39 Å². The van der Waals surface area contributed by atoms with Gasteiger partial charge in [-0.15, -0.1) is 0 Å². The van der Waals surface area contributed by atoms with Gasteiger partial charge in [-0.25, -0.2) is 4.39 Å². The smallest absolute Gasteiger partial charge is 0.124 e. The highest BCUT2D eigenvalue weighted by atomic mass is 35.5. The van der Waals surface area contributed by atoms with Crippen molar-refractivity contribution in [1.29, 1.82) is 0 Å². The van der Waals surface area contributed by atoms with Crippen molar-refractivity contribution in [2.45, 2.75) is 18.9 Å². The zero-order chi connectivity index (χ0) is 11.3. The van der Waals surface area contributed by atoms with Gasteiger partial charge in [-0.3, -0.25) is 0 Å². The second kappa shape index (κ2) is 6.36. The van der Waals surface area contributed by atoms with E-state index in [1.165, 1.54) is 12.1 Å². The van der Waals surface area contributed by atoms with Crippen molar-refractivity contribution in [3.63, 3.8) is 0 Å². The van der Waals surface area contributed by atoms with Gasteiger partial charge in [0.1, 0.15) is 5.82 Å². The average molecular weight is 248 g/mol. The van der Waals surface area contributed by atoms with Crippen molar-refractivity contribution in [1.82, 2.24) is 0 Å². The summed E-state index contributed by atoms with van der Waals surface area (Å²) in [5.74, 6) is 0.737. The minimum atomic E-state index is -0.304. The number of halogens is 2. The van der Waals surface area contributed by atoms with Gasteiger partial charge in [-0.05, 0) is 42.5 Å². The van der Waals surface area contributed by atoms with Crippen LogP contribution in [-0.2, 0) is 6.42 Å². The molecule has 0 aliphatic carbocycles. The summed E-state index contributed by atoms with van der Waals surface area (Å²) in [7, 11) is 0. The Morgan fingerprint density at radius 2 is 2.27 bits per heavy atom. The molecule has 15 heavy (non-hydrogen) atoms. The molecule has 0 amide bonds. The first-order chi connectivity index (χ1) is 7.13. The molecular weight excluding hydrogens is 233 g/mol. The zero-order valence-corrected chi connectivity index (χ0v) is 10.2. The SMILES string of the molecule is CSCCC(N)Cc1ccc(F)cc1Cl. The molecule has 0 fully saturated rings. The van der Waals surface area contributed by atoms with Crippen LogP contribution < -0.4 is 5.73 Å². The topological polar surface area (TPSA) is 26.0 Å². The molecule has 1 aromatic rings. The Morgan fingerprint density at radius 3 is 2.87 bits per heavy atom. The maximum atomic E-state index is 12.8. The lowest BCUT2D eigenvalue weighted by Gasteiger charge is -2.11. The lowest BCUT2D eigenvalue weighted by Crippen LogP contribution is -2.23. The summed E-state index contributed by atoms with van der Waals surface area (Å²) in [6.07, 6.45) is 3.71. The van der Waals surface area contributed by atoms with E-state index in [0.29, 0.717) is 11.4 Å². The molecule has 84 valence electrons. The fraction of sp³-hybridized carbons (Fsp3) is 0.455. The first kappa shape index (κ1) is 12.8. The van der Waals surface area contributed by atoms with Crippen molar-refractivity contribution in [2.75, 3.05) is 12.0 Å². The third-order valence-electron chi connectivity index (χ3n) is 2.19. The number of benzene rings is 1. The van der Waals surface area contributed by atoms with E-state index in [1.807, 2.05) is 0 Å². The van der Waals surface area contributed by atoms with E-state index >= 15 is 0 Å². The zero-order valence-electron chi connectivity index (χ0n) is 8.67. The van der Waals surface area contributed by atoms with E-state index < -0.39 is 0 Å². The normalized spacial score (nSPS) is 12.8. The van der Waals surface area contributed by atoms with Crippen molar-refractivity contribution in [3.8, 4) is 0 Å². The molecule has 0 aliphatic heterocycles. The van der Waals surface area contributed by atoms with Gasteiger partial charge in [0.15, 0.2) is 0 Å². The summed E-state index contributed by atoms with van der Waals surface area (Å²) in [5.41, 5.74) is 6.86. The molecule has 1 nitrogen and oxygen atoms in total. The van der Waals surface area contributed by atoms with Crippen LogP contribution in [0.1, 0.15) is 12.0 Å². The molecule has 1 atom stereocenters. The number of hydrogen-bond acceptors (Lipinski definition) is 2. The Balaban J connectivity index is 2.56. The minimum Gasteiger partial charge on any atom is -0.327 e. The number of nitrogens with two attached hydrogens (primary N) is 1. The summed E-state index contributed by atoms with van der Waals surface area (Å²) in [6, 6.07) is 4.55. The average Bonchev–Trinajstić information content (AvgIpc) is 2.19. The molecule has 2 N–H and O–H groups in total. The predicted molar refractivity (Wildman–Crippen MR) is 66.1 cm³/mol. The maximum Gasteiger partial charge on any atom is 0.124 e. The minimum absolute atomic E-state index is 0.0976. The van der Waals surface area contributed by atoms with Gasteiger partial charge in [-0.2, -0.15) is 11.8 Å². The third-order valence-corrected chi connectivity index (χ3v) is 3.19. The van der Waals surface area contributed by atoms with Crippen LogP contribution in [-0.4, -0.2) is 18.1 Å². The van der Waals surface area contributed by atoms with Crippen LogP contribution in [0.2, 0.25) is 5.02 Å². The Morgan fingerprint density at radius 1 is 1.53 bits per heavy atom. The van der Waals surface area contributed by atoms with Crippen LogP contribution in [0.25, 0.3) is 0 Å². The fourth-order valence-electron chi connectivity index (χ4n) is 1.34. The Kier molecular flexibility index (Phi) is 5.43. The second-order valence-electron chi connectivity index (χ2n) is 3.48. The number of hydrogen-bond donors (Lipinski definition) is 1. The lowest BCUT2D eigenvalue weighted by molar-refractivity contribution is 0.622. The molecular formula is C11H15ClFNS. The number of thioether (sulfide) groups is 1. The van der Waals surface area contributed by atoms with E-state index in [9.17, 15) is 4.39 Å². The first-order valence-electron chi connectivity index (χ1n) is 4.82. The van der Waals surface area contributed by atoms with E-state index in [1.54, 1.807) is 17.8 Å². The molecule has 0 aromatic heterocycles. The van der Waals surface area contributed by atoms with E-state index in [-0.39, 0.29) is 11.9 Å². The molecule has 0 heterocycles. The molecule has 0 saturated heterocycles. The quantitative estimate of drug-likeness (QED) is 0.865. The van der Waals surface area contributed by atoms with Crippen LogP contribution in [0.15, 0.2) is 18.2 Å². The maximum absolute atomic E-state index is 12.8. The van der Waals surface area contributed by atoms with Crippen LogP contribution >= 0.6 is 23.4 Å². The van der Waals surface area contributed by atoms with Gasteiger partial charge >= 0.3 is 0 Å². The van der Waals surface area contributed by atoms with Crippen molar-refractivity contribution in [2.24, 2.45) is 5.73 Å². The highest BCUT2D eigenvalue weighted by Gasteiger charge is 2.07. The monoisotopic (exact) mass is 247 g/mol. The summed E-state index contributed by atoms with van der Waals surface area (Å²) in [5, 5.41) is 0.467. The highest BCUT2D eigenvalue weighted by Crippen LogP contribution is 2.19. The van der Waals surface area contributed by atoms with Crippen LogP contribution in [0, 0.1) is 5.82 Å². The summed E-state index contributed by atoms with van der Waals surface area (Å²) in [6.45, 7) is 0. The highest BCUT2D eigenvalue weighted by molar-refractivity contribution is 7.98. The summed E-state index contributed by atoms with van der Waals surface area (Å²) >= 11 is 7.68. The second-order valence-corrected chi connectivity index (χ2v) is 4.87. The standard InChI is InChI=1S/C11H15ClFNS/c1-15-5-4-10(14)6-8-2-3-9(13)7-11(8)12/h2-3,7,10H,4-6,14H2,1H3. The molecule has 1 unspecified atom stereocenters. The molecule has 4 heteroatoms. The van der Waals surface area contributed by atoms with Crippen molar-refractivity contribution >= 4 is 23.4 Å². The molecule has 0 saturated carbocycles. The van der Waals surface area contributed by atoms with E-state index in [0.717, 1.165) is 17.7 Å².